The van der Waals surface area contributed by atoms with Crippen molar-refractivity contribution in [3.05, 3.63) is 54.6 Å². The molecule has 1 saturated heterocycles. The van der Waals surface area contributed by atoms with Gasteiger partial charge in [-0.2, -0.15) is 0 Å². The van der Waals surface area contributed by atoms with E-state index in [1.807, 2.05) is 54.6 Å². The second kappa shape index (κ2) is 8.30. The van der Waals surface area contributed by atoms with E-state index >= 15 is 0 Å². The number of nitrogens with one attached hydrogen (secondary N) is 2. The van der Waals surface area contributed by atoms with Gasteiger partial charge in [-0.05, 0) is 37.3 Å². The summed E-state index contributed by atoms with van der Waals surface area (Å²) in [7, 11) is 0. The zero-order valence-corrected chi connectivity index (χ0v) is 17.2. The van der Waals surface area contributed by atoms with Crippen molar-refractivity contribution >= 4 is 23.5 Å². The summed E-state index contributed by atoms with van der Waals surface area (Å²) < 4.78 is 0. The lowest BCUT2D eigenvalue weighted by atomic mass is 9.75. The first kappa shape index (κ1) is 20.1. The van der Waals surface area contributed by atoms with Gasteiger partial charge in [0, 0.05) is 11.3 Å². The molecular formula is C24H27N3O3. The normalized spacial score (nSPS) is 22.1. The standard InChI is InChI=1S/C24H27N3O3/c1-24(18-12-6-3-7-13-18)22(29)27(23(30)26-24)16-21(28)25-20-15-9-8-14-19(20)17-10-4-2-5-11-17/h2,4-5,8-11,14-15,18H,3,6-7,12-13,16H2,1H3,(H,25,28)(H,26,30)/t24-/m1/s1. The third kappa shape index (κ3) is 3.82. The van der Waals surface area contributed by atoms with Crippen molar-refractivity contribution in [3.63, 3.8) is 0 Å². The number of urea groups is 1. The lowest BCUT2D eigenvalue weighted by Crippen LogP contribution is -2.51. The summed E-state index contributed by atoms with van der Waals surface area (Å²) in [5, 5.41) is 5.73. The third-order valence-corrected chi connectivity index (χ3v) is 6.31. The summed E-state index contributed by atoms with van der Waals surface area (Å²) in [6.07, 6.45) is 5.15. The molecule has 1 aliphatic heterocycles. The van der Waals surface area contributed by atoms with Gasteiger partial charge in [-0.3, -0.25) is 14.5 Å². The Morgan fingerprint density at radius 2 is 1.70 bits per heavy atom. The van der Waals surface area contributed by atoms with Crippen LogP contribution in [0.2, 0.25) is 0 Å². The van der Waals surface area contributed by atoms with Gasteiger partial charge in [0.25, 0.3) is 5.91 Å². The predicted molar refractivity (Wildman–Crippen MR) is 116 cm³/mol. The lowest BCUT2D eigenvalue weighted by molar-refractivity contribution is -0.135. The Kier molecular flexibility index (Phi) is 5.57. The number of rotatable bonds is 5. The summed E-state index contributed by atoms with van der Waals surface area (Å²) in [6, 6.07) is 16.8. The molecule has 1 heterocycles. The van der Waals surface area contributed by atoms with E-state index in [-0.39, 0.29) is 18.4 Å². The highest BCUT2D eigenvalue weighted by Gasteiger charge is 2.52. The molecule has 0 spiro atoms. The number of nitrogens with zero attached hydrogens (tertiary/aromatic N) is 1. The Balaban J connectivity index is 1.47. The fourth-order valence-electron chi connectivity index (χ4n) is 4.61. The van der Waals surface area contributed by atoms with Gasteiger partial charge in [-0.15, -0.1) is 0 Å². The van der Waals surface area contributed by atoms with E-state index in [1.54, 1.807) is 6.92 Å². The SMILES string of the molecule is C[C@]1(C2CCCCC2)NC(=O)N(CC(=O)Nc2ccccc2-c2ccccc2)C1=O. The molecule has 156 valence electrons. The van der Waals surface area contributed by atoms with E-state index in [4.69, 9.17) is 0 Å². The Hall–Kier alpha value is -3.15. The van der Waals surface area contributed by atoms with Crippen LogP contribution in [-0.4, -0.2) is 34.8 Å². The van der Waals surface area contributed by atoms with E-state index in [1.165, 1.54) is 6.42 Å². The van der Waals surface area contributed by atoms with Crippen LogP contribution in [0, 0.1) is 5.92 Å². The van der Waals surface area contributed by atoms with E-state index in [2.05, 4.69) is 10.6 Å². The maximum Gasteiger partial charge on any atom is 0.325 e. The molecule has 2 aliphatic rings. The lowest BCUT2D eigenvalue weighted by Gasteiger charge is -2.34. The van der Waals surface area contributed by atoms with Crippen molar-refractivity contribution in [2.75, 3.05) is 11.9 Å². The summed E-state index contributed by atoms with van der Waals surface area (Å²) in [5.74, 6) is -0.574. The largest absolute Gasteiger partial charge is 0.325 e. The molecule has 2 aromatic rings. The maximum absolute atomic E-state index is 13.1. The van der Waals surface area contributed by atoms with Gasteiger partial charge in [0.2, 0.25) is 5.91 Å². The van der Waals surface area contributed by atoms with E-state index in [0.29, 0.717) is 5.69 Å². The van der Waals surface area contributed by atoms with Crippen LogP contribution in [0.4, 0.5) is 10.5 Å². The molecule has 0 bridgehead atoms. The van der Waals surface area contributed by atoms with Gasteiger partial charge < -0.3 is 10.6 Å². The van der Waals surface area contributed by atoms with E-state index < -0.39 is 17.5 Å². The van der Waals surface area contributed by atoms with Crippen LogP contribution in [0.1, 0.15) is 39.0 Å². The summed E-state index contributed by atoms with van der Waals surface area (Å²) in [4.78, 5) is 39.4. The number of benzene rings is 2. The van der Waals surface area contributed by atoms with Crippen LogP contribution < -0.4 is 10.6 Å². The highest BCUT2D eigenvalue weighted by molar-refractivity contribution is 6.10. The van der Waals surface area contributed by atoms with Gasteiger partial charge in [0.15, 0.2) is 0 Å². The van der Waals surface area contributed by atoms with Crippen LogP contribution in [0.3, 0.4) is 0 Å². The number of hydrogen-bond acceptors (Lipinski definition) is 3. The minimum atomic E-state index is -0.917. The molecule has 0 aromatic heterocycles. The molecule has 1 saturated carbocycles. The molecule has 6 nitrogen and oxygen atoms in total. The minimum absolute atomic E-state index is 0.120. The number of amides is 4. The van der Waals surface area contributed by atoms with Crippen molar-refractivity contribution in [1.82, 2.24) is 10.2 Å². The molecule has 2 fully saturated rings. The molecule has 0 radical (unpaired) electrons. The molecule has 1 aliphatic carbocycles. The van der Waals surface area contributed by atoms with Crippen molar-refractivity contribution in [3.8, 4) is 11.1 Å². The van der Waals surface area contributed by atoms with Gasteiger partial charge in [-0.1, -0.05) is 67.8 Å². The van der Waals surface area contributed by atoms with Crippen LogP contribution in [-0.2, 0) is 9.59 Å². The Labute approximate surface area is 176 Å². The quantitative estimate of drug-likeness (QED) is 0.733. The van der Waals surface area contributed by atoms with Gasteiger partial charge in [0.1, 0.15) is 12.1 Å². The Morgan fingerprint density at radius 1 is 1.03 bits per heavy atom. The van der Waals surface area contributed by atoms with Crippen molar-refractivity contribution < 1.29 is 14.4 Å². The molecule has 2 aromatic carbocycles. The van der Waals surface area contributed by atoms with Crippen molar-refractivity contribution in [1.29, 1.82) is 0 Å². The molecule has 1 atom stereocenters. The number of carbonyl (C=O) groups is 3. The molecule has 2 N–H and O–H groups in total. The number of hydrogen-bond donors (Lipinski definition) is 2. The topological polar surface area (TPSA) is 78.5 Å². The second-order valence-corrected chi connectivity index (χ2v) is 8.32. The Bertz CT molecular complexity index is 953. The van der Waals surface area contributed by atoms with E-state index in [9.17, 15) is 14.4 Å². The molecular weight excluding hydrogens is 378 g/mol. The second-order valence-electron chi connectivity index (χ2n) is 8.32. The van der Waals surface area contributed by atoms with Crippen molar-refractivity contribution in [2.45, 2.75) is 44.6 Å². The van der Waals surface area contributed by atoms with Crippen LogP contribution in [0.5, 0.6) is 0 Å². The highest BCUT2D eigenvalue weighted by atomic mass is 16.2. The zero-order chi connectivity index (χ0) is 21.1. The number of imide groups is 1. The van der Waals surface area contributed by atoms with E-state index in [0.717, 1.165) is 41.7 Å². The minimum Gasteiger partial charge on any atom is -0.324 e. The van der Waals surface area contributed by atoms with Gasteiger partial charge >= 0.3 is 6.03 Å². The maximum atomic E-state index is 13.1. The summed E-state index contributed by atoms with van der Waals surface area (Å²) in [6.45, 7) is 1.50. The number of para-hydroxylation sites is 1. The highest BCUT2D eigenvalue weighted by Crippen LogP contribution is 2.36. The number of anilines is 1. The average molecular weight is 405 g/mol. The molecule has 4 amide bonds. The van der Waals surface area contributed by atoms with Crippen LogP contribution in [0.15, 0.2) is 54.6 Å². The smallest absolute Gasteiger partial charge is 0.324 e. The summed E-state index contributed by atoms with van der Waals surface area (Å²) >= 11 is 0. The van der Waals surface area contributed by atoms with Gasteiger partial charge in [-0.25, -0.2) is 4.79 Å². The summed E-state index contributed by atoms with van der Waals surface area (Å²) in [5.41, 5.74) is 1.60. The third-order valence-electron chi connectivity index (χ3n) is 6.31. The fourth-order valence-corrected chi connectivity index (χ4v) is 4.61. The van der Waals surface area contributed by atoms with Crippen LogP contribution in [0.25, 0.3) is 11.1 Å². The van der Waals surface area contributed by atoms with Crippen LogP contribution >= 0.6 is 0 Å². The Morgan fingerprint density at radius 3 is 2.43 bits per heavy atom. The first-order valence-electron chi connectivity index (χ1n) is 10.6. The van der Waals surface area contributed by atoms with Crippen molar-refractivity contribution in [2.24, 2.45) is 5.92 Å². The first-order valence-corrected chi connectivity index (χ1v) is 10.6. The number of carbonyl (C=O) groups excluding carboxylic acids is 3. The molecule has 0 unspecified atom stereocenters. The predicted octanol–water partition coefficient (Wildman–Crippen LogP) is 4.18. The monoisotopic (exact) mass is 405 g/mol. The average Bonchev–Trinajstić information content (AvgIpc) is 2.99. The molecule has 30 heavy (non-hydrogen) atoms. The molecule has 4 rings (SSSR count). The zero-order valence-electron chi connectivity index (χ0n) is 17.2. The fraction of sp³-hybridized carbons (Fsp3) is 0.375. The molecule has 6 heteroatoms. The first-order chi connectivity index (χ1) is 14.5. The van der Waals surface area contributed by atoms with Gasteiger partial charge in [0.05, 0.1) is 0 Å².